The largest absolute Gasteiger partial charge is 0.493 e. The first-order valence-corrected chi connectivity index (χ1v) is 8.97. The van der Waals surface area contributed by atoms with Gasteiger partial charge < -0.3 is 9.47 Å². The van der Waals surface area contributed by atoms with E-state index >= 15 is 0 Å². The fourth-order valence-corrected chi connectivity index (χ4v) is 2.57. The summed E-state index contributed by atoms with van der Waals surface area (Å²) in [6, 6.07) is 21.7. The molecule has 5 nitrogen and oxygen atoms in total. The molecule has 0 aliphatic heterocycles. The minimum absolute atomic E-state index is 0.274. The van der Waals surface area contributed by atoms with Crippen molar-refractivity contribution >= 4 is 23.7 Å². The van der Waals surface area contributed by atoms with Crippen LogP contribution in [-0.4, -0.2) is 19.2 Å². The molecule has 0 aliphatic rings. The van der Waals surface area contributed by atoms with E-state index < -0.39 is 0 Å². The number of nitrogens with one attached hydrogen (secondary N) is 1. The maximum absolute atomic E-state index is 12.0. The van der Waals surface area contributed by atoms with Crippen LogP contribution < -0.4 is 14.9 Å². The molecule has 0 heterocycles. The summed E-state index contributed by atoms with van der Waals surface area (Å²) >= 11 is 5.90. The van der Waals surface area contributed by atoms with Crippen LogP contribution in [0, 0.1) is 0 Å². The number of hydrazone groups is 1. The van der Waals surface area contributed by atoms with Gasteiger partial charge in [0, 0.05) is 10.6 Å². The van der Waals surface area contributed by atoms with Gasteiger partial charge in [-0.25, -0.2) is 5.43 Å². The quantitative estimate of drug-likeness (QED) is 0.467. The third kappa shape index (κ3) is 5.34. The third-order valence-corrected chi connectivity index (χ3v) is 4.16. The highest BCUT2D eigenvalue weighted by molar-refractivity contribution is 6.30. The highest BCUT2D eigenvalue weighted by Crippen LogP contribution is 2.28. The molecule has 3 rings (SSSR count). The molecule has 1 amide bonds. The van der Waals surface area contributed by atoms with Crippen LogP contribution in [0.3, 0.4) is 0 Å². The number of halogens is 1. The van der Waals surface area contributed by atoms with E-state index in [1.54, 1.807) is 49.7 Å². The van der Waals surface area contributed by atoms with Crippen molar-refractivity contribution in [2.45, 2.75) is 6.61 Å². The van der Waals surface area contributed by atoms with Crippen LogP contribution in [0.1, 0.15) is 21.5 Å². The zero-order valence-electron chi connectivity index (χ0n) is 15.3. The van der Waals surface area contributed by atoms with Gasteiger partial charge in [-0.15, -0.1) is 0 Å². The number of nitrogens with zero attached hydrogens (tertiary/aromatic N) is 1. The van der Waals surface area contributed by atoms with Crippen LogP contribution in [0.2, 0.25) is 5.02 Å². The van der Waals surface area contributed by atoms with Gasteiger partial charge in [0.2, 0.25) is 0 Å². The average molecular weight is 395 g/mol. The minimum atomic E-state index is -0.274. The highest BCUT2D eigenvalue weighted by Gasteiger charge is 2.06. The van der Waals surface area contributed by atoms with Crippen LogP contribution in [-0.2, 0) is 6.61 Å². The van der Waals surface area contributed by atoms with Crippen molar-refractivity contribution in [3.05, 3.63) is 94.5 Å². The number of carbonyl (C=O) groups is 1. The van der Waals surface area contributed by atoms with Crippen molar-refractivity contribution in [2.24, 2.45) is 5.10 Å². The van der Waals surface area contributed by atoms with Crippen LogP contribution in [0.5, 0.6) is 11.5 Å². The second-order valence-electron chi connectivity index (χ2n) is 5.89. The molecule has 0 atom stereocenters. The Balaban J connectivity index is 1.66. The van der Waals surface area contributed by atoms with E-state index in [2.05, 4.69) is 10.5 Å². The summed E-state index contributed by atoms with van der Waals surface area (Å²) in [5.41, 5.74) is 4.80. The van der Waals surface area contributed by atoms with E-state index in [9.17, 15) is 4.79 Å². The smallest absolute Gasteiger partial charge is 0.271 e. The van der Waals surface area contributed by atoms with Crippen LogP contribution >= 0.6 is 11.6 Å². The predicted molar refractivity (Wildman–Crippen MR) is 110 cm³/mol. The Hall–Kier alpha value is -3.31. The summed E-state index contributed by atoms with van der Waals surface area (Å²) < 4.78 is 11.2. The molecular weight excluding hydrogens is 376 g/mol. The molecule has 0 bridgehead atoms. The number of amides is 1. The Morgan fingerprint density at radius 1 is 1.04 bits per heavy atom. The normalized spacial score (nSPS) is 10.6. The van der Waals surface area contributed by atoms with E-state index in [-0.39, 0.29) is 5.91 Å². The van der Waals surface area contributed by atoms with Gasteiger partial charge in [0.1, 0.15) is 6.61 Å². The maximum Gasteiger partial charge on any atom is 0.271 e. The SMILES string of the molecule is COc1ccc(/C=N\NC(=O)c2ccccc2)cc1OCc1ccc(Cl)cc1. The van der Waals surface area contributed by atoms with E-state index in [0.717, 1.165) is 11.1 Å². The maximum atomic E-state index is 12.0. The summed E-state index contributed by atoms with van der Waals surface area (Å²) in [5.74, 6) is 0.916. The Kier molecular flexibility index (Phi) is 6.65. The second-order valence-corrected chi connectivity index (χ2v) is 6.33. The number of hydrogen-bond donors (Lipinski definition) is 1. The molecule has 0 aromatic heterocycles. The lowest BCUT2D eigenvalue weighted by molar-refractivity contribution is 0.0955. The van der Waals surface area contributed by atoms with Crippen molar-refractivity contribution in [2.75, 3.05) is 7.11 Å². The Bertz CT molecular complexity index is 957. The Morgan fingerprint density at radius 2 is 1.79 bits per heavy atom. The van der Waals surface area contributed by atoms with Crippen molar-refractivity contribution < 1.29 is 14.3 Å². The molecule has 0 saturated heterocycles. The molecule has 3 aromatic rings. The van der Waals surface area contributed by atoms with Gasteiger partial charge in [-0.2, -0.15) is 5.10 Å². The van der Waals surface area contributed by atoms with Crippen LogP contribution in [0.15, 0.2) is 77.9 Å². The van der Waals surface area contributed by atoms with Crippen molar-refractivity contribution in [3.8, 4) is 11.5 Å². The molecule has 1 N–H and O–H groups in total. The molecule has 28 heavy (non-hydrogen) atoms. The number of carbonyl (C=O) groups excluding carboxylic acids is 1. The van der Waals surface area contributed by atoms with E-state index in [1.165, 1.54) is 0 Å². The zero-order valence-corrected chi connectivity index (χ0v) is 16.0. The predicted octanol–water partition coefficient (Wildman–Crippen LogP) is 4.69. The van der Waals surface area contributed by atoms with Crippen LogP contribution in [0.4, 0.5) is 0 Å². The molecule has 0 unspecified atom stereocenters. The number of rotatable bonds is 7. The van der Waals surface area contributed by atoms with Crippen molar-refractivity contribution in [1.82, 2.24) is 5.43 Å². The lowest BCUT2D eigenvalue weighted by atomic mass is 10.2. The van der Waals surface area contributed by atoms with E-state index in [0.29, 0.717) is 28.7 Å². The first-order chi connectivity index (χ1) is 13.7. The average Bonchev–Trinajstić information content (AvgIpc) is 2.74. The molecule has 0 saturated carbocycles. The molecule has 6 heteroatoms. The lowest BCUT2D eigenvalue weighted by Gasteiger charge is -2.11. The van der Waals surface area contributed by atoms with Gasteiger partial charge >= 0.3 is 0 Å². The first-order valence-electron chi connectivity index (χ1n) is 8.59. The van der Waals surface area contributed by atoms with Crippen molar-refractivity contribution in [1.29, 1.82) is 0 Å². The van der Waals surface area contributed by atoms with E-state index in [1.807, 2.05) is 36.4 Å². The summed E-state index contributed by atoms with van der Waals surface area (Å²) in [7, 11) is 1.58. The molecular formula is C22H19ClN2O3. The number of ether oxygens (including phenoxy) is 2. The van der Waals surface area contributed by atoms with Gasteiger partial charge in [0.25, 0.3) is 5.91 Å². The summed E-state index contributed by atoms with van der Waals surface area (Å²) in [5, 5.41) is 4.68. The van der Waals surface area contributed by atoms with Gasteiger partial charge in [0.15, 0.2) is 11.5 Å². The highest BCUT2D eigenvalue weighted by atomic mass is 35.5. The third-order valence-electron chi connectivity index (χ3n) is 3.91. The van der Waals surface area contributed by atoms with Crippen molar-refractivity contribution in [3.63, 3.8) is 0 Å². The van der Waals surface area contributed by atoms with Gasteiger partial charge in [0.05, 0.1) is 13.3 Å². The Labute approximate surface area is 168 Å². The monoisotopic (exact) mass is 394 g/mol. The summed E-state index contributed by atoms with van der Waals surface area (Å²) in [6.07, 6.45) is 1.55. The molecule has 0 spiro atoms. The topological polar surface area (TPSA) is 59.9 Å². The minimum Gasteiger partial charge on any atom is -0.493 e. The number of methoxy groups -OCH3 is 1. The molecule has 142 valence electrons. The summed E-state index contributed by atoms with van der Waals surface area (Å²) in [4.78, 5) is 12.0. The van der Waals surface area contributed by atoms with Gasteiger partial charge in [-0.05, 0) is 53.6 Å². The molecule has 0 aliphatic carbocycles. The van der Waals surface area contributed by atoms with Gasteiger partial charge in [-0.3, -0.25) is 4.79 Å². The molecule has 3 aromatic carbocycles. The van der Waals surface area contributed by atoms with Gasteiger partial charge in [-0.1, -0.05) is 41.9 Å². The number of benzene rings is 3. The standard InChI is InChI=1S/C22H19ClN2O3/c1-27-20-12-9-17(14-24-25-22(26)18-5-3-2-4-6-18)13-21(20)28-15-16-7-10-19(23)11-8-16/h2-14H,15H2,1H3,(H,25,26)/b24-14-. The van der Waals surface area contributed by atoms with E-state index in [4.69, 9.17) is 21.1 Å². The molecule has 0 fully saturated rings. The second kappa shape index (κ2) is 9.58. The Morgan fingerprint density at radius 3 is 2.50 bits per heavy atom. The fraction of sp³-hybridized carbons (Fsp3) is 0.0909. The fourth-order valence-electron chi connectivity index (χ4n) is 2.45. The lowest BCUT2D eigenvalue weighted by Crippen LogP contribution is -2.17. The zero-order chi connectivity index (χ0) is 19.8. The summed E-state index contributed by atoms with van der Waals surface area (Å²) in [6.45, 7) is 0.374. The number of hydrogen-bond acceptors (Lipinski definition) is 4. The first kappa shape index (κ1) is 19.5. The van der Waals surface area contributed by atoms with Crippen LogP contribution in [0.25, 0.3) is 0 Å². The molecule has 0 radical (unpaired) electrons.